The number of benzene rings is 1. The van der Waals surface area contributed by atoms with Crippen LogP contribution in [0.4, 0.5) is 5.69 Å². The number of nitrogens with zero attached hydrogens (tertiary/aromatic N) is 2. The van der Waals surface area contributed by atoms with Crippen LogP contribution in [0, 0.1) is 25.2 Å². The molecule has 0 saturated heterocycles. The Morgan fingerprint density at radius 2 is 1.89 bits per heavy atom. The zero-order valence-electron chi connectivity index (χ0n) is 11.2. The van der Waals surface area contributed by atoms with Gasteiger partial charge >= 0.3 is 0 Å². The molecule has 2 rings (SSSR count). The quantitative estimate of drug-likeness (QED) is 0.894. The summed E-state index contributed by atoms with van der Waals surface area (Å²) in [4.78, 5) is 11.0. The molecule has 0 unspecified atom stereocenters. The van der Waals surface area contributed by atoms with Gasteiger partial charge in [0.25, 0.3) is 0 Å². The highest BCUT2D eigenvalue weighted by Gasteiger charge is 2.10. The monoisotopic (exact) mass is 253 g/mol. The molecule has 0 aliphatic carbocycles. The molecule has 0 saturated carbocycles. The van der Waals surface area contributed by atoms with Crippen LogP contribution in [0.3, 0.4) is 0 Å². The Bertz CT molecular complexity index is 660. The second-order valence-electron chi connectivity index (χ2n) is 4.46. The smallest absolute Gasteiger partial charge is 0.221 e. The van der Waals surface area contributed by atoms with Crippen molar-refractivity contribution in [1.82, 2.24) is 4.57 Å². The minimum atomic E-state index is -0.0900. The maximum atomic E-state index is 11.0. The van der Waals surface area contributed by atoms with Crippen LogP contribution in [0.1, 0.15) is 23.9 Å². The van der Waals surface area contributed by atoms with Gasteiger partial charge in [-0.2, -0.15) is 5.26 Å². The van der Waals surface area contributed by atoms with Gasteiger partial charge in [-0.25, -0.2) is 0 Å². The summed E-state index contributed by atoms with van der Waals surface area (Å²) >= 11 is 0. The van der Waals surface area contributed by atoms with E-state index in [-0.39, 0.29) is 5.91 Å². The van der Waals surface area contributed by atoms with Gasteiger partial charge in [-0.3, -0.25) is 4.79 Å². The third-order valence-corrected chi connectivity index (χ3v) is 3.00. The minimum absolute atomic E-state index is 0.0900. The van der Waals surface area contributed by atoms with E-state index in [0.717, 1.165) is 22.8 Å². The summed E-state index contributed by atoms with van der Waals surface area (Å²) in [6.45, 7) is 5.37. The average molecular weight is 253 g/mol. The summed E-state index contributed by atoms with van der Waals surface area (Å²) < 4.78 is 2.02. The van der Waals surface area contributed by atoms with Gasteiger partial charge in [0.1, 0.15) is 6.07 Å². The average Bonchev–Trinajstić information content (AvgIpc) is 2.65. The summed E-state index contributed by atoms with van der Waals surface area (Å²) in [5, 5.41) is 11.8. The molecule has 0 aliphatic heterocycles. The van der Waals surface area contributed by atoms with Crippen LogP contribution in [-0.4, -0.2) is 10.5 Å². The fourth-order valence-electron chi connectivity index (χ4n) is 2.17. The highest BCUT2D eigenvalue weighted by Crippen LogP contribution is 2.21. The van der Waals surface area contributed by atoms with Gasteiger partial charge < -0.3 is 9.88 Å². The largest absolute Gasteiger partial charge is 0.326 e. The Kier molecular flexibility index (Phi) is 3.39. The molecule has 4 heteroatoms. The number of anilines is 1. The SMILES string of the molecule is CC(=O)Nc1ccc(-n2c(C)cc(C#N)c2C)cc1. The van der Waals surface area contributed by atoms with Crippen LogP contribution in [0.15, 0.2) is 30.3 Å². The van der Waals surface area contributed by atoms with E-state index in [1.54, 1.807) is 0 Å². The van der Waals surface area contributed by atoms with Crippen LogP contribution in [0.2, 0.25) is 0 Å². The van der Waals surface area contributed by atoms with Crippen molar-refractivity contribution in [2.45, 2.75) is 20.8 Å². The summed E-state index contributed by atoms with van der Waals surface area (Å²) in [7, 11) is 0. The van der Waals surface area contributed by atoms with Crippen molar-refractivity contribution >= 4 is 11.6 Å². The fourth-order valence-corrected chi connectivity index (χ4v) is 2.17. The standard InChI is InChI=1S/C15H15N3O/c1-10-8-13(9-16)11(2)18(10)15-6-4-14(5-7-15)17-12(3)19/h4-8H,1-3H3,(H,17,19). The van der Waals surface area contributed by atoms with E-state index in [4.69, 9.17) is 5.26 Å². The van der Waals surface area contributed by atoms with Gasteiger partial charge in [0.2, 0.25) is 5.91 Å². The second-order valence-corrected chi connectivity index (χ2v) is 4.46. The lowest BCUT2D eigenvalue weighted by molar-refractivity contribution is -0.114. The van der Waals surface area contributed by atoms with Crippen LogP contribution in [-0.2, 0) is 4.79 Å². The lowest BCUT2D eigenvalue weighted by atomic mass is 10.2. The number of rotatable bonds is 2. The van der Waals surface area contributed by atoms with Crippen molar-refractivity contribution in [3.63, 3.8) is 0 Å². The van der Waals surface area contributed by atoms with E-state index >= 15 is 0 Å². The highest BCUT2D eigenvalue weighted by molar-refractivity contribution is 5.88. The van der Waals surface area contributed by atoms with E-state index in [9.17, 15) is 4.79 Å². The number of nitrogens with one attached hydrogen (secondary N) is 1. The van der Waals surface area contributed by atoms with Crippen molar-refractivity contribution in [3.05, 3.63) is 47.3 Å². The predicted molar refractivity (Wildman–Crippen MR) is 74.3 cm³/mol. The zero-order valence-corrected chi connectivity index (χ0v) is 11.2. The Hall–Kier alpha value is -2.54. The topological polar surface area (TPSA) is 57.8 Å². The normalized spacial score (nSPS) is 10.0. The Morgan fingerprint density at radius 3 is 2.37 bits per heavy atom. The van der Waals surface area contributed by atoms with Gasteiger partial charge in [0.05, 0.1) is 5.56 Å². The van der Waals surface area contributed by atoms with Crippen molar-refractivity contribution < 1.29 is 4.79 Å². The fraction of sp³-hybridized carbons (Fsp3) is 0.200. The first kappa shape index (κ1) is 12.9. The van der Waals surface area contributed by atoms with Crippen molar-refractivity contribution in [3.8, 4) is 11.8 Å². The maximum absolute atomic E-state index is 11.0. The molecule has 0 atom stereocenters. The predicted octanol–water partition coefficient (Wildman–Crippen LogP) is 2.92. The molecule has 0 aliphatic rings. The molecular formula is C15H15N3O. The molecule has 1 amide bonds. The number of carbonyl (C=O) groups excluding carboxylic acids is 1. The number of nitriles is 1. The van der Waals surface area contributed by atoms with Gasteiger partial charge in [-0.15, -0.1) is 0 Å². The summed E-state index contributed by atoms with van der Waals surface area (Å²) in [6, 6.07) is 11.6. The second kappa shape index (κ2) is 4.99. The lowest BCUT2D eigenvalue weighted by Crippen LogP contribution is -2.06. The first-order valence-corrected chi connectivity index (χ1v) is 6.00. The van der Waals surface area contributed by atoms with Crippen LogP contribution >= 0.6 is 0 Å². The lowest BCUT2D eigenvalue weighted by Gasteiger charge is -2.10. The molecule has 96 valence electrons. The molecule has 0 bridgehead atoms. The van der Waals surface area contributed by atoms with Crippen LogP contribution in [0.5, 0.6) is 0 Å². The molecule has 0 spiro atoms. The first-order valence-electron chi connectivity index (χ1n) is 6.00. The zero-order chi connectivity index (χ0) is 14.0. The Morgan fingerprint density at radius 1 is 1.26 bits per heavy atom. The Balaban J connectivity index is 2.41. The van der Waals surface area contributed by atoms with E-state index < -0.39 is 0 Å². The molecular weight excluding hydrogens is 238 g/mol. The molecule has 1 N–H and O–H groups in total. The maximum Gasteiger partial charge on any atom is 0.221 e. The number of aromatic nitrogens is 1. The number of amides is 1. The van der Waals surface area contributed by atoms with Crippen molar-refractivity contribution in [1.29, 1.82) is 5.26 Å². The van der Waals surface area contributed by atoms with Crippen molar-refractivity contribution in [2.75, 3.05) is 5.32 Å². The number of aryl methyl sites for hydroxylation is 1. The van der Waals surface area contributed by atoms with Crippen LogP contribution in [0.25, 0.3) is 5.69 Å². The summed E-state index contributed by atoms with van der Waals surface area (Å²) in [5.41, 5.74) is 4.36. The third-order valence-electron chi connectivity index (χ3n) is 3.00. The van der Waals surface area contributed by atoms with E-state index in [1.165, 1.54) is 6.92 Å². The Labute approximate surface area is 112 Å². The van der Waals surface area contributed by atoms with Gasteiger partial charge in [0.15, 0.2) is 0 Å². The number of carbonyl (C=O) groups is 1. The molecule has 2 aromatic rings. The first-order chi connectivity index (χ1) is 9.02. The molecule has 1 aromatic heterocycles. The van der Waals surface area contributed by atoms with E-state index in [1.807, 2.05) is 48.7 Å². The molecule has 19 heavy (non-hydrogen) atoms. The molecule has 4 nitrogen and oxygen atoms in total. The van der Waals surface area contributed by atoms with Crippen molar-refractivity contribution in [2.24, 2.45) is 0 Å². The van der Waals surface area contributed by atoms with E-state index in [2.05, 4.69) is 11.4 Å². The highest BCUT2D eigenvalue weighted by atomic mass is 16.1. The van der Waals surface area contributed by atoms with Gasteiger partial charge in [-0.05, 0) is 44.2 Å². The molecule has 0 radical (unpaired) electrons. The third kappa shape index (κ3) is 2.50. The van der Waals surface area contributed by atoms with Gasteiger partial charge in [-0.1, -0.05) is 0 Å². The van der Waals surface area contributed by atoms with Gasteiger partial charge in [0, 0.05) is 29.7 Å². The number of hydrogen-bond acceptors (Lipinski definition) is 2. The van der Waals surface area contributed by atoms with E-state index in [0.29, 0.717) is 5.56 Å². The minimum Gasteiger partial charge on any atom is -0.326 e. The molecule has 1 heterocycles. The summed E-state index contributed by atoms with van der Waals surface area (Å²) in [5.74, 6) is -0.0900. The molecule has 0 fully saturated rings. The van der Waals surface area contributed by atoms with Crippen LogP contribution < -0.4 is 5.32 Å². The number of hydrogen-bond donors (Lipinski definition) is 1. The molecule has 1 aromatic carbocycles. The summed E-state index contributed by atoms with van der Waals surface area (Å²) in [6.07, 6.45) is 0.